The summed E-state index contributed by atoms with van der Waals surface area (Å²) in [7, 11) is 1.70. The summed E-state index contributed by atoms with van der Waals surface area (Å²) in [6.45, 7) is 10.2. The first-order valence-corrected chi connectivity index (χ1v) is 6.52. The lowest BCUT2D eigenvalue weighted by molar-refractivity contribution is 0.0687. The number of nitrogens with one attached hydrogen (secondary N) is 1. The van der Waals surface area contributed by atoms with E-state index >= 15 is 0 Å². The molecule has 0 saturated heterocycles. The minimum Gasteiger partial charge on any atom is -0.382 e. The summed E-state index contributed by atoms with van der Waals surface area (Å²) in [6, 6.07) is 0.661. The highest BCUT2D eigenvalue weighted by Gasteiger charge is 2.08. The lowest BCUT2D eigenvalue weighted by atomic mass is 10.0. The Balaban J connectivity index is 3.19. The number of rotatable bonds is 11. The highest BCUT2D eigenvalue weighted by atomic mass is 16.5. The summed E-state index contributed by atoms with van der Waals surface area (Å²) >= 11 is 0. The van der Waals surface area contributed by atoms with Crippen LogP contribution in [0, 0.1) is 5.92 Å². The number of ether oxygens (including phenoxy) is 2. The molecular weight excluding hydrogens is 202 g/mol. The Kier molecular flexibility index (Phi) is 11.3. The zero-order valence-corrected chi connectivity index (χ0v) is 11.4. The predicted molar refractivity (Wildman–Crippen MR) is 68.8 cm³/mol. The molecule has 0 unspecified atom stereocenters. The smallest absolute Gasteiger partial charge is 0.0700 e. The van der Waals surface area contributed by atoms with Gasteiger partial charge >= 0.3 is 0 Å². The molecule has 0 aromatic carbocycles. The Morgan fingerprint density at radius 2 is 1.81 bits per heavy atom. The second-order valence-electron chi connectivity index (χ2n) is 4.53. The lowest BCUT2D eigenvalue weighted by Gasteiger charge is -2.20. The molecule has 16 heavy (non-hydrogen) atoms. The van der Waals surface area contributed by atoms with Gasteiger partial charge in [0, 0.05) is 19.8 Å². The van der Waals surface area contributed by atoms with E-state index in [-0.39, 0.29) is 0 Å². The fourth-order valence-corrected chi connectivity index (χ4v) is 1.71. The molecule has 0 aliphatic heterocycles. The van der Waals surface area contributed by atoms with Crippen molar-refractivity contribution in [2.45, 2.75) is 46.1 Å². The van der Waals surface area contributed by atoms with Gasteiger partial charge in [-0.25, -0.2) is 0 Å². The summed E-state index contributed by atoms with van der Waals surface area (Å²) in [5.41, 5.74) is 0. The van der Waals surface area contributed by atoms with E-state index in [1.807, 2.05) is 0 Å². The molecule has 1 N–H and O–H groups in total. The van der Waals surface area contributed by atoms with Gasteiger partial charge in [0.05, 0.1) is 13.2 Å². The van der Waals surface area contributed by atoms with Crippen LogP contribution in [0.25, 0.3) is 0 Å². The maximum absolute atomic E-state index is 5.40. The molecule has 0 radical (unpaired) electrons. The molecule has 0 bridgehead atoms. The van der Waals surface area contributed by atoms with E-state index in [4.69, 9.17) is 9.47 Å². The molecule has 0 aromatic rings. The van der Waals surface area contributed by atoms with Crippen molar-refractivity contribution in [1.82, 2.24) is 5.32 Å². The number of unbranched alkanes of at least 4 members (excludes halogenated alkanes) is 1. The number of methoxy groups -OCH3 is 1. The lowest BCUT2D eigenvalue weighted by Crippen LogP contribution is -2.33. The van der Waals surface area contributed by atoms with Crippen LogP contribution in [0.2, 0.25) is 0 Å². The fourth-order valence-electron chi connectivity index (χ4n) is 1.71. The van der Waals surface area contributed by atoms with Gasteiger partial charge in [0.2, 0.25) is 0 Å². The van der Waals surface area contributed by atoms with E-state index in [9.17, 15) is 0 Å². The van der Waals surface area contributed by atoms with Crippen molar-refractivity contribution in [3.05, 3.63) is 0 Å². The standard InChI is InChI=1S/C13H29NO2/c1-5-13(12(2)3)14-8-6-7-9-16-11-10-15-4/h12-14H,5-11H2,1-4H3/t13-/m1/s1. The van der Waals surface area contributed by atoms with Crippen molar-refractivity contribution in [1.29, 1.82) is 0 Å². The quantitative estimate of drug-likeness (QED) is 0.554. The monoisotopic (exact) mass is 231 g/mol. The van der Waals surface area contributed by atoms with Crippen LogP contribution in [0.3, 0.4) is 0 Å². The van der Waals surface area contributed by atoms with Gasteiger partial charge < -0.3 is 14.8 Å². The minimum absolute atomic E-state index is 0.661. The molecule has 0 rings (SSSR count). The van der Waals surface area contributed by atoms with Crippen LogP contribution in [-0.4, -0.2) is 39.5 Å². The van der Waals surface area contributed by atoms with Gasteiger partial charge in [-0.1, -0.05) is 20.8 Å². The zero-order valence-electron chi connectivity index (χ0n) is 11.4. The predicted octanol–water partition coefficient (Wildman–Crippen LogP) is 2.45. The van der Waals surface area contributed by atoms with Crippen LogP contribution >= 0.6 is 0 Å². The topological polar surface area (TPSA) is 30.5 Å². The molecular formula is C13H29NO2. The maximum atomic E-state index is 5.40. The SMILES string of the molecule is CC[C@@H](NCCCCOCCOC)C(C)C. The van der Waals surface area contributed by atoms with Gasteiger partial charge in [-0.15, -0.1) is 0 Å². The van der Waals surface area contributed by atoms with E-state index in [0.29, 0.717) is 19.3 Å². The van der Waals surface area contributed by atoms with E-state index in [1.165, 1.54) is 12.8 Å². The second kappa shape index (κ2) is 11.4. The summed E-state index contributed by atoms with van der Waals surface area (Å²) in [6.07, 6.45) is 3.53. The van der Waals surface area contributed by atoms with Crippen molar-refractivity contribution in [2.75, 3.05) is 33.5 Å². The molecule has 0 heterocycles. The highest BCUT2D eigenvalue weighted by Crippen LogP contribution is 2.05. The summed E-state index contributed by atoms with van der Waals surface area (Å²) in [4.78, 5) is 0. The molecule has 3 nitrogen and oxygen atoms in total. The molecule has 0 aromatic heterocycles. The van der Waals surface area contributed by atoms with E-state index in [1.54, 1.807) is 7.11 Å². The van der Waals surface area contributed by atoms with E-state index in [2.05, 4.69) is 26.1 Å². The second-order valence-corrected chi connectivity index (χ2v) is 4.53. The third-order valence-corrected chi connectivity index (χ3v) is 2.80. The molecule has 0 spiro atoms. The summed E-state index contributed by atoms with van der Waals surface area (Å²) < 4.78 is 10.3. The average Bonchev–Trinajstić information content (AvgIpc) is 2.26. The summed E-state index contributed by atoms with van der Waals surface area (Å²) in [5.74, 6) is 0.725. The average molecular weight is 231 g/mol. The first kappa shape index (κ1) is 15.9. The van der Waals surface area contributed by atoms with Crippen LogP contribution in [-0.2, 0) is 9.47 Å². The Morgan fingerprint density at radius 1 is 1.06 bits per heavy atom. The Labute approximate surface area is 101 Å². The zero-order chi connectivity index (χ0) is 12.2. The van der Waals surface area contributed by atoms with Crippen molar-refractivity contribution in [3.8, 4) is 0 Å². The van der Waals surface area contributed by atoms with Crippen LogP contribution < -0.4 is 5.32 Å². The minimum atomic E-state index is 0.661. The Hall–Kier alpha value is -0.120. The van der Waals surface area contributed by atoms with Gasteiger partial charge in [-0.3, -0.25) is 0 Å². The van der Waals surface area contributed by atoms with Crippen molar-refractivity contribution in [3.63, 3.8) is 0 Å². The molecule has 0 fully saturated rings. The number of hydrogen-bond donors (Lipinski definition) is 1. The molecule has 0 aliphatic rings. The maximum Gasteiger partial charge on any atom is 0.0700 e. The molecule has 3 heteroatoms. The van der Waals surface area contributed by atoms with E-state index < -0.39 is 0 Å². The highest BCUT2D eigenvalue weighted by molar-refractivity contribution is 4.67. The molecule has 98 valence electrons. The first-order valence-electron chi connectivity index (χ1n) is 6.52. The van der Waals surface area contributed by atoms with Gasteiger partial charge in [-0.05, 0) is 31.7 Å². The van der Waals surface area contributed by atoms with Gasteiger partial charge in [0.1, 0.15) is 0 Å². The first-order chi connectivity index (χ1) is 7.72. The molecule has 0 amide bonds. The van der Waals surface area contributed by atoms with E-state index in [0.717, 1.165) is 25.5 Å². The molecule has 0 saturated carbocycles. The molecule has 0 aliphatic carbocycles. The molecule has 1 atom stereocenters. The largest absolute Gasteiger partial charge is 0.382 e. The third kappa shape index (κ3) is 9.13. The van der Waals surface area contributed by atoms with Crippen LogP contribution in [0.5, 0.6) is 0 Å². The summed E-state index contributed by atoms with van der Waals surface area (Å²) in [5, 5.41) is 3.59. The fraction of sp³-hybridized carbons (Fsp3) is 1.00. The van der Waals surface area contributed by atoms with Gasteiger partial charge in [0.25, 0.3) is 0 Å². The van der Waals surface area contributed by atoms with Gasteiger partial charge in [-0.2, -0.15) is 0 Å². The number of hydrogen-bond acceptors (Lipinski definition) is 3. The van der Waals surface area contributed by atoms with Crippen LogP contribution in [0.15, 0.2) is 0 Å². The van der Waals surface area contributed by atoms with Gasteiger partial charge in [0.15, 0.2) is 0 Å². The third-order valence-electron chi connectivity index (χ3n) is 2.80. The Morgan fingerprint density at radius 3 is 2.38 bits per heavy atom. The van der Waals surface area contributed by atoms with Crippen molar-refractivity contribution < 1.29 is 9.47 Å². The Bertz CT molecular complexity index is 140. The van der Waals surface area contributed by atoms with Crippen molar-refractivity contribution in [2.24, 2.45) is 5.92 Å². The van der Waals surface area contributed by atoms with Crippen LogP contribution in [0.1, 0.15) is 40.0 Å². The van der Waals surface area contributed by atoms with Crippen LogP contribution in [0.4, 0.5) is 0 Å². The normalized spacial score (nSPS) is 13.3. The van der Waals surface area contributed by atoms with Crippen molar-refractivity contribution >= 4 is 0 Å².